The topological polar surface area (TPSA) is 74.6 Å². The van der Waals surface area contributed by atoms with Gasteiger partial charge in [0.25, 0.3) is 0 Å². The Hall–Kier alpha value is -1.06. The number of carbonyl (C=O) groups is 2. The van der Waals surface area contributed by atoms with E-state index in [1.165, 1.54) is 0 Å². The van der Waals surface area contributed by atoms with Crippen molar-refractivity contribution in [3.8, 4) is 0 Å². The van der Waals surface area contributed by atoms with E-state index in [9.17, 15) is 9.59 Å². The van der Waals surface area contributed by atoms with Crippen LogP contribution in [0.3, 0.4) is 0 Å². The summed E-state index contributed by atoms with van der Waals surface area (Å²) in [6.07, 6.45) is 3.59. The summed E-state index contributed by atoms with van der Waals surface area (Å²) < 4.78 is 0. The third-order valence-corrected chi connectivity index (χ3v) is 2.70. The van der Waals surface area contributed by atoms with Gasteiger partial charge in [-0.15, -0.1) is 0 Å². The van der Waals surface area contributed by atoms with Gasteiger partial charge in [0, 0.05) is 12.8 Å². The van der Waals surface area contributed by atoms with E-state index in [4.69, 9.17) is 10.2 Å². The van der Waals surface area contributed by atoms with E-state index in [0.29, 0.717) is 12.8 Å². The van der Waals surface area contributed by atoms with Crippen LogP contribution >= 0.6 is 0 Å². The fourth-order valence-electron chi connectivity index (χ4n) is 1.55. The molecule has 4 nitrogen and oxygen atoms in total. The van der Waals surface area contributed by atoms with Crippen LogP contribution in [0.4, 0.5) is 0 Å². The molecule has 1 fully saturated rings. The molecule has 0 aromatic heterocycles. The normalized spacial score (nSPS) is 18.2. The van der Waals surface area contributed by atoms with Gasteiger partial charge in [0.1, 0.15) is 0 Å². The van der Waals surface area contributed by atoms with Crippen LogP contribution in [0.15, 0.2) is 0 Å². The number of aliphatic carboxylic acids is 2. The summed E-state index contributed by atoms with van der Waals surface area (Å²) in [6, 6.07) is 0. The van der Waals surface area contributed by atoms with Gasteiger partial charge < -0.3 is 10.2 Å². The summed E-state index contributed by atoms with van der Waals surface area (Å²) in [5.74, 6) is -1.58. The van der Waals surface area contributed by atoms with E-state index in [2.05, 4.69) is 0 Å². The van der Waals surface area contributed by atoms with Gasteiger partial charge in [0.15, 0.2) is 0 Å². The molecule has 74 valence electrons. The number of carboxylic acid groups (broad SMARTS) is 2. The summed E-state index contributed by atoms with van der Waals surface area (Å²) in [5.41, 5.74) is 0.0524. The summed E-state index contributed by atoms with van der Waals surface area (Å²) in [4.78, 5) is 20.6. The van der Waals surface area contributed by atoms with Crippen LogP contribution in [0.2, 0.25) is 0 Å². The Kier molecular flexibility index (Phi) is 2.90. The summed E-state index contributed by atoms with van der Waals surface area (Å²) in [7, 11) is 0. The molecular formula is C9H14O4. The highest BCUT2D eigenvalue weighted by atomic mass is 16.4. The minimum Gasteiger partial charge on any atom is -0.481 e. The molecule has 0 spiro atoms. The zero-order valence-corrected chi connectivity index (χ0v) is 7.45. The van der Waals surface area contributed by atoms with E-state index in [1.54, 1.807) is 0 Å². The number of hydrogen-bond acceptors (Lipinski definition) is 2. The van der Waals surface area contributed by atoms with Crippen molar-refractivity contribution in [2.24, 2.45) is 5.41 Å². The molecule has 0 aromatic carbocycles. The predicted molar refractivity (Wildman–Crippen MR) is 45.4 cm³/mol. The first kappa shape index (κ1) is 10.0. The van der Waals surface area contributed by atoms with Crippen molar-refractivity contribution >= 4 is 11.9 Å². The van der Waals surface area contributed by atoms with Gasteiger partial charge in [-0.3, -0.25) is 9.59 Å². The average Bonchev–Trinajstić information content (AvgIpc) is 2.78. The summed E-state index contributed by atoms with van der Waals surface area (Å²) >= 11 is 0. The standard InChI is InChI=1S/C9H14O4/c10-7(11)1-3-9(5-6-9)4-2-8(12)13/h1-6H2,(H,10,11)(H,12,13). The number of rotatable bonds is 6. The minimum absolute atomic E-state index is 0.0524. The third kappa shape index (κ3) is 3.44. The lowest BCUT2D eigenvalue weighted by Crippen LogP contribution is -2.07. The maximum atomic E-state index is 10.3. The Labute approximate surface area is 76.6 Å². The fourth-order valence-corrected chi connectivity index (χ4v) is 1.55. The molecule has 0 bridgehead atoms. The van der Waals surface area contributed by atoms with Crippen LogP contribution in [0, 0.1) is 5.41 Å². The van der Waals surface area contributed by atoms with Gasteiger partial charge in [0.05, 0.1) is 0 Å². The molecule has 0 atom stereocenters. The van der Waals surface area contributed by atoms with Crippen molar-refractivity contribution in [1.29, 1.82) is 0 Å². The molecule has 0 aromatic rings. The second-order valence-electron chi connectivity index (χ2n) is 3.79. The maximum Gasteiger partial charge on any atom is 0.303 e. The second kappa shape index (κ2) is 3.77. The Morgan fingerprint density at radius 3 is 1.62 bits per heavy atom. The van der Waals surface area contributed by atoms with Crippen LogP contribution in [0.5, 0.6) is 0 Å². The van der Waals surface area contributed by atoms with Crippen LogP contribution in [-0.2, 0) is 9.59 Å². The zero-order valence-electron chi connectivity index (χ0n) is 7.45. The lowest BCUT2D eigenvalue weighted by atomic mass is 9.94. The maximum absolute atomic E-state index is 10.3. The molecular weight excluding hydrogens is 172 g/mol. The van der Waals surface area contributed by atoms with Crippen molar-refractivity contribution in [1.82, 2.24) is 0 Å². The summed E-state index contributed by atoms with van der Waals surface area (Å²) in [6.45, 7) is 0. The first-order chi connectivity index (χ1) is 6.04. The molecule has 13 heavy (non-hydrogen) atoms. The molecule has 2 N–H and O–H groups in total. The summed E-state index contributed by atoms with van der Waals surface area (Å²) in [5, 5.41) is 16.9. The van der Waals surface area contributed by atoms with E-state index < -0.39 is 11.9 Å². The molecule has 1 aliphatic carbocycles. The molecule has 1 rings (SSSR count). The lowest BCUT2D eigenvalue weighted by molar-refractivity contribution is -0.137. The molecule has 0 saturated heterocycles. The Bertz CT molecular complexity index is 198. The molecule has 1 aliphatic rings. The van der Waals surface area contributed by atoms with Gasteiger partial charge in [-0.1, -0.05) is 0 Å². The number of carboxylic acids is 2. The van der Waals surface area contributed by atoms with Crippen molar-refractivity contribution in [2.75, 3.05) is 0 Å². The monoisotopic (exact) mass is 186 g/mol. The van der Waals surface area contributed by atoms with Crippen molar-refractivity contribution < 1.29 is 19.8 Å². The average molecular weight is 186 g/mol. The second-order valence-corrected chi connectivity index (χ2v) is 3.79. The Morgan fingerprint density at radius 1 is 1.00 bits per heavy atom. The predicted octanol–water partition coefficient (Wildman–Crippen LogP) is 1.50. The highest BCUT2D eigenvalue weighted by molar-refractivity contribution is 5.67. The van der Waals surface area contributed by atoms with Crippen molar-refractivity contribution in [3.05, 3.63) is 0 Å². The van der Waals surface area contributed by atoms with E-state index >= 15 is 0 Å². The molecule has 0 heterocycles. The highest BCUT2D eigenvalue weighted by Crippen LogP contribution is 2.53. The van der Waals surface area contributed by atoms with Gasteiger partial charge in [-0.25, -0.2) is 0 Å². The SMILES string of the molecule is O=C(O)CCC1(CCC(=O)O)CC1. The number of hydrogen-bond donors (Lipinski definition) is 2. The highest BCUT2D eigenvalue weighted by Gasteiger charge is 2.42. The first-order valence-corrected chi connectivity index (χ1v) is 4.48. The van der Waals surface area contributed by atoms with E-state index in [1.807, 2.05) is 0 Å². The first-order valence-electron chi connectivity index (χ1n) is 4.48. The smallest absolute Gasteiger partial charge is 0.303 e. The Morgan fingerprint density at radius 2 is 1.38 bits per heavy atom. The molecule has 0 aliphatic heterocycles. The van der Waals surface area contributed by atoms with Gasteiger partial charge >= 0.3 is 11.9 Å². The third-order valence-electron chi connectivity index (χ3n) is 2.70. The van der Waals surface area contributed by atoms with Crippen molar-refractivity contribution in [2.45, 2.75) is 38.5 Å². The fraction of sp³-hybridized carbons (Fsp3) is 0.778. The molecule has 1 saturated carbocycles. The quantitative estimate of drug-likeness (QED) is 0.659. The zero-order chi connectivity index (χ0) is 9.90. The van der Waals surface area contributed by atoms with Crippen molar-refractivity contribution in [3.63, 3.8) is 0 Å². The molecule has 0 unspecified atom stereocenters. The van der Waals surface area contributed by atoms with Crippen LogP contribution in [0.1, 0.15) is 38.5 Å². The van der Waals surface area contributed by atoms with Gasteiger partial charge in [0.2, 0.25) is 0 Å². The lowest BCUT2D eigenvalue weighted by Gasteiger charge is -2.11. The molecule has 4 heteroatoms. The van der Waals surface area contributed by atoms with Gasteiger partial charge in [-0.05, 0) is 31.1 Å². The minimum atomic E-state index is -0.790. The van der Waals surface area contributed by atoms with Crippen LogP contribution in [-0.4, -0.2) is 22.2 Å². The van der Waals surface area contributed by atoms with Crippen LogP contribution in [0.25, 0.3) is 0 Å². The van der Waals surface area contributed by atoms with Crippen LogP contribution < -0.4 is 0 Å². The Balaban J connectivity index is 2.22. The van der Waals surface area contributed by atoms with E-state index in [-0.39, 0.29) is 18.3 Å². The molecule has 0 radical (unpaired) electrons. The van der Waals surface area contributed by atoms with Gasteiger partial charge in [-0.2, -0.15) is 0 Å². The largest absolute Gasteiger partial charge is 0.481 e. The molecule has 0 amide bonds. The van der Waals surface area contributed by atoms with E-state index in [0.717, 1.165) is 12.8 Å².